The van der Waals surface area contributed by atoms with Crippen LogP contribution in [0.5, 0.6) is 0 Å². The van der Waals surface area contributed by atoms with Gasteiger partial charge in [0.25, 0.3) is 5.56 Å². The average molecular weight is 502 g/mol. The Balaban J connectivity index is 1.59. The van der Waals surface area contributed by atoms with Crippen molar-refractivity contribution < 1.29 is 9.59 Å². The van der Waals surface area contributed by atoms with Crippen molar-refractivity contribution in [3.8, 4) is 0 Å². The zero-order valence-electron chi connectivity index (χ0n) is 20.2. The van der Waals surface area contributed by atoms with Crippen LogP contribution in [0, 0.1) is 0 Å². The molecule has 0 saturated carbocycles. The van der Waals surface area contributed by atoms with Gasteiger partial charge in [0.05, 0.1) is 11.4 Å². The zero-order valence-corrected chi connectivity index (χ0v) is 21.1. The first-order valence-corrected chi connectivity index (χ1v) is 12.9. The molecule has 7 nitrogen and oxygen atoms in total. The Kier molecular flexibility index (Phi) is 6.45. The molecule has 1 atom stereocenters. The fourth-order valence-corrected chi connectivity index (χ4v) is 6.25. The van der Waals surface area contributed by atoms with Gasteiger partial charge in [-0.15, -0.1) is 11.3 Å². The smallest absolute Gasteiger partial charge is 0.325 e. The Hall–Kier alpha value is -3.78. The van der Waals surface area contributed by atoms with Crippen LogP contribution in [0.15, 0.2) is 64.2 Å². The number of rotatable bonds is 6. The second kappa shape index (κ2) is 9.70. The van der Waals surface area contributed by atoms with Crippen LogP contribution in [0.1, 0.15) is 59.1 Å². The standard InChI is InChI=1S/C28H27N3O4S/c1-17(19-8-4-3-5-9-19)31-26(34)25-22-10-6-7-11-23(22)36-27(25)30(28(31)35)16-24(33)29-21-14-12-20(13-15-21)18(2)32/h3-5,8-9,12-15,17H,6-7,10-11,16H2,1-2H3,(H,29,33). The summed E-state index contributed by atoms with van der Waals surface area (Å²) in [5.41, 5.74) is 2.17. The summed E-state index contributed by atoms with van der Waals surface area (Å²) in [5, 5.41) is 3.38. The number of amides is 1. The number of hydrogen-bond acceptors (Lipinski definition) is 5. The average Bonchev–Trinajstić information content (AvgIpc) is 3.27. The normalized spacial score (nSPS) is 13.8. The number of anilines is 1. The maximum Gasteiger partial charge on any atom is 0.333 e. The first-order valence-electron chi connectivity index (χ1n) is 12.1. The molecule has 8 heteroatoms. The van der Waals surface area contributed by atoms with Gasteiger partial charge in [0.15, 0.2) is 5.78 Å². The SMILES string of the molecule is CC(=O)c1ccc(NC(=O)Cn2c(=O)n(C(C)c3ccccc3)c(=O)c3c4c(sc32)CCCC4)cc1. The molecule has 4 aromatic rings. The highest BCUT2D eigenvalue weighted by atomic mass is 32.1. The van der Waals surface area contributed by atoms with Gasteiger partial charge in [0, 0.05) is 16.1 Å². The van der Waals surface area contributed by atoms with Crippen molar-refractivity contribution in [2.45, 2.75) is 52.1 Å². The number of carbonyl (C=O) groups is 2. The van der Waals surface area contributed by atoms with Gasteiger partial charge in [0.2, 0.25) is 5.91 Å². The van der Waals surface area contributed by atoms with E-state index in [0.717, 1.165) is 41.7 Å². The summed E-state index contributed by atoms with van der Waals surface area (Å²) in [6.45, 7) is 3.10. The van der Waals surface area contributed by atoms with Crippen LogP contribution >= 0.6 is 11.3 Å². The predicted octanol–water partition coefficient (Wildman–Crippen LogP) is 4.55. The molecule has 1 N–H and O–H groups in total. The van der Waals surface area contributed by atoms with E-state index in [1.807, 2.05) is 37.3 Å². The number of nitrogens with one attached hydrogen (secondary N) is 1. The fraction of sp³-hybridized carbons (Fsp3) is 0.286. The number of aromatic nitrogens is 2. The van der Waals surface area contributed by atoms with Crippen LogP contribution in [-0.2, 0) is 24.2 Å². The number of thiophene rings is 1. The monoisotopic (exact) mass is 501 g/mol. The molecule has 0 radical (unpaired) electrons. The summed E-state index contributed by atoms with van der Waals surface area (Å²) in [7, 11) is 0. The first kappa shape index (κ1) is 23.9. The lowest BCUT2D eigenvalue weighted by Crippen LogP contribution is -2.43. The minimum absolute atomic E-state index is 0.0572. The molecule has 5 rings (SSSR count). The highest BCUT2D eigenvalue weighted by Gasteiger charge is 2.26. The molecule has 184 valence electrons. The van der Waals surface area contributed by atoms with Gasteiger partial charge in [0.1, 0.15) is 11.4 Å². The third-order valence-electron chi connectivity index (χ3n) is 6.81. The number of fused-ring (bicyclic) bond motifs is 3. The highest BCUT2D eigenvalue weighted by molar-refractivity contribution is 7.18. The quantitative estimate of drug-likeness (QED) is 0.393. The van der Waals surface area contributed by atoms with Crippen molar-refractivity contribution in [3.63, 3.8) is 0 Å². The predicted molar refractivity (Wildman–Crippen MR) is 142 cm³/mol. The number of ketones is 1. The Labute approximate surface area is 212 Å². The van der Waals surface area contributed by atoms with E-state index in [9.17, 15) is 19.2 Å². The fourth-order valence-electron chi connectivity index (χ4n) is 4.88. The molecule has 0 fully saturated rings. The minimum Gasteiger partial charge on any atom is -0.325 e. The number of nitrogens with zero attached hydrogens (tertiary/aromatic N) is 2. The van der Waals surface area contributed by atoms with E-state index >= 15 is 0 Å². The summed E-state index contributed by atoms with van der Waals surface area (Å²) in [4.78, 5) is 53.8. The maximum absolute atomic E-state index is 13.8. The molecular formula is C28H27N3O4S. The van der Waals surface area contributed by atoms with E-state index in [-0.39, 0.29) is 23.8 Å². The molecule has 2 aromatic carbocycles. The lowest BCUT2D eigenvalue weighted by atomic mass is 9.97. The van der Waals surface area contributed by atoms with E-state index in [1.54, 1.807) is 24.3 Å². The second-order valence-corrected chi connectivity index (χ2v) is 10.3. The van der Waals surface area contributed by atoms with Gasteiger partial charge in [-0.05, 0) is 74.9 Å². The largest absolute Gasteiger partial charge is 0.333 e. The van der Waals surface area contributed by atoms with Crippen molar-refractivity contribution in [2.75, 3.05) is 5.32 Å². The van der Waals surface area contributed by atoms with E-state index < -0.39 is 11.7 Å². The van der Waals surface area contributed by atoms with Gasteiger partial charge in [-0.25, -0.2) is 4.79 Å². The Bertz CT molecular complexity index is 1580. The van der Waals surface area contributed by atoms with Crippen LogP contribution in [0.2, 0.25) is 0 Å². The lowest BCUT2D eigenvalue weighted by Gasteiger charge is -2.18. The molecule has 1 aliphatic rings. The van der Waals surface area contributed by atoms with Crippen LogP contribution < -0.4 is 16.6 Å². The van der Waals surface area contributed by atoms with Gasteiger partial charge >= 0.3 is 5.69 Å². The minimum atomic E-state index is -0.496. The maximum atomic E-state index is 13.8. The molecule has 2 heterocycles. The third-order valence-corrected chi connectivity index (χ3v) is 8.13. The molecule has 0 spiro atoms. The Morgan fingerprint density at radius 1 is 1.00 bits per heavy atom. The summed E-state index contributed by atoms with van der Waals surface area (Å²) in [6, 6.07) is 15.6. The van der Waals surface area contributed by atoms with Gasteiger partial charge in [-0.3, -0.25) is 23.5 Å². The number of Topliss-reactive ketones (excluding diaryl/α,β-unsaturated/α-hetero) is 1. The summed E-state index contributed by atoms with van der Waals surface area (Å²) < 4.78 is 2.73. The Morgan fingerprint density at radius 2 is 1.69 bits per heavy atom. The molecule has 1 amide bonds. The second-order valence-electron chi connectivity index (χ2n) is 9.20. The number of benzene rings is 2. The van der Waals surface area contributed by atoms with E-state index in [2.05, 4.69) is 5.32 Å². The molecule has 0 aliphatic heterocycles. The van der Waals surface area contributed by atoms with Crippen LogP contribution in [0.25, 0.3) is 10.2 Å². The number of aryl methyl sites for hydroxylation is 2. The van der Waals surface area contributed by atoms with Crippen LogP contribution in [-0.4, -0.2) is 20.8 Å². The molecule has 2 aromatic heterocycles. The highest BCUT2D eigenvalue weighted by Crippen LogP contribution is 2.34. The first-order chi connectivity index (χ1) is 17.3. The molecule has 36 heavy (non-hydrogen) atoms. The van der Waals surface area contributed by atoms with Crippen molar-refractivity contribution in [3.05, 3.63) is 97.0 Å². The van der Waals surface area contributed by atoms with Crippen LogP contribution in [0.4, 0.5) is 5.69 Å². The van der Waals surface area contributed by atoms with Gasteiger partial charge < -0.3 is 5.32 Å². The van der Waals surface area contributed by atoms with E-state index in [0.29, 0.717) is 21.5 Å². The molecular weight excluding hydrogens is 474 g/mol. The summed E-state index contributed by atoms with van der Waals surface area (Å²) in [6.07, 6.45) is 3.74. The summed E-state index contributed by atoms with van der Waals surface area (Å²) >= 11 is 1.46. The summed E-state index contributed by atoms with van der Waals surface area (Å²) in [5.74, 6) is -0.434. The Morgan fingerprint density at radius 3 is 2.39 bits per heavy atom. The number of hydrogen-bond donors (Lipinski definition) is 1. The van der Waals surface area contributed by atoms with E-state index in [4.69, 9.17) is 0 Å². The number of carbonyl (C=O) groups excluding carboxylic acids is 2. The van der Waals surface area contributed by atoms with Crippen molar-refractivity contribution in [2.24, 2.45) is 0 Å². The topological polar surface area (TPSA) is 90.2 Å². The van der Waals surface area contributed by atoms with Crippen molar-refractivity contribution in [1.82, 2.24) is 9.13 Å². The van der Waals surface area contributed by atoms with Crippen molar-refractivity contribution in [1.29, 1.82) is 0 Å². The van der Waals surface area contributed by atoms with Crippen LogP contribution in [0.3, 0.4) is 0 Å². The molecule has 1 aliphatic carbocycles. The van der Waals surface area contributed by atoms with Crippen molar-refractivity contribution >= 4 is 38.9 Å². The van der Waals surface area contributed by atoms with Gasteiger partial charge in [-0.2, -0.15) is 0 Å². The zero-order chi connectivity index (χ0) is 25.4. The molecule has 0 saturated heterocycles. The molecule has 0 bridgehead atoms. The van der Waals surface area contributed by atoms with Gasteiger partial charge in [-0.1, -0.05) is 30.3 Å². The molecule has 1 unspecified atom stereocenters. The van der Waals surface area contributed by atoms with E-state index in [1.165, 1.54) is 27.4 Å². The lowest BCUT2D eigenvalue weighted by molar-refractivity contribution is -0.116. The third kappa shape index (κ3) is 4.33.